The van der Waals surface area contributed by atoms with E-state index in [1.54, 1.807) is 4.31 Å². The SMILES string of the molecule is CCNc1ncc(S(=O)(=O)N2CCCC2CC)cc1Cl. The van der Waals surface area contributed by atoms with E-state index in [1.807, 2.05) is 13.8 Å². The molecule has 1 unspecified atom stereocenters. The number of hydrogen-bond acceptors (Lipinski definition) is 4. The fourth-order valence-electron chi connectivity index (χ4n) is 2.53. The summed E-state index contributed by atoms with van der Waals surface area (Å²) in [7, 11) is -3.50. The van der Waals surface area contributed by atoms with Gasteiger partial charge in [-0.05, 0) is 32.3 Å². The molecule has 0 amide bonds. The van der Waals surface area contributed by atoms with Gasteiger partial charge in [-0.1, -0.05) is 18.5 Å². The van der Waals surface area contributed by atoms with Gasteiger partial charge in [-0.25, -0.2) is 13.4 Å². The highest BCUT2D eigenvalue weighted by molar-refractivity contribution is 7.89. The van der Waals surface area contributed by atoms with Crippen molar-refractivity contribution in [1.82, 2.24) is 9.29 Å². The highest BCUT2D eigenvalue weighted by Crippen LogP contribution is 2.30. The summed E-state index contributed by atoms with van der Waals surface area (Å²) in [6, 6.07) is 1.57. The van der Waals surface area contributed by atoms with Crippen LogP contribution in [0.2, 0.25) is 5.02 Å². The normalized spacial score (nSPS) is 20.2. The molecule has 0 bridgehead atoms. The van der Waals surface area contributed by atoms with Crippen LogP contribution < -0.4 is 5.32 Å². The molecule has 1 aromatic heterocycles. The molecule has 0 radical (unpaired) electrons. The van der Waals surface area contributed by atoms with Gasteiger partial charge in [0.2, 0.25) is 10.0 Å². The Hall–Kier alpha value is -0.850. The van der Waals surface area contributed by atoms with Crippen LogP contribution in [0.15, 0.2) is 17.2 Å². The maximum atomic E-state index is 12.6. The number of anilines is 1. The van der Waals surface area contributed by atoms with Crippen molar-refractivity contribution >= 4 is 27.4 Å². The zero-order valence-electron chi connectivity index (χ0n) is 11.8. The third-order valence-electron chi connectivity index (χ3n) is 3.56. The zero-order chi connectivity index (χ0) is 14.8. The van der Waals surface area contributed by atoms with Crippen molar-refractivity contribution in [3.05, 3.63) is 17.3 Å². The molecule has 0 aliphatic carbocycles. The third kappa shape index (κ3) is 2.92. The first-order chi connectivity index (χ1) is 9.50. The Morgan fingerprint density at radius 2 is 2.25 bits per heavy atom. The molecule has 2 rings (SSSR count). The molecule has 1 atom stereocenters. The largest absolute Gasteiger partial charge is 0.369 e. The lowest BCUT2D eigenvalue weighted by Crippen LogP contribution is -2.35. The molecule has 112 valence electrons. The van der Waals surface area contributed by atoms with E-state index in [-0.39, 0.29) is 10.9 Å². The molecular formula is C13H20ClN3O2S. The quantitative estimate of drug-likeness (QED) is 0.907. The van der Waals surface area contributed by atoms with Gasteiger partial charge in [0, 0.05) is 25.3 Å². The molecule has 1 saturated heterocycles. The van der Waals surface area contributed by atoms with Crippen molar-refractivity contribution < 1.29 is 8.42 Å². The highest BCUT2D eigenvalue weighted by atomic mass is 35.5. The zero-order valence-corrected chi connectivity index (χ0v) is 13.3. The van der Waals surface area contributed by atoms with E-state index in [4.69, 9.17) is 11.6 Å². The summed E-state index contributed by atoms with van der Waals surface area (Å²) in [5.41, 5.74) is 0. The van der Waals surface area contributed by atoms with E-state index >= 15 is 0 Å². The number of halogens is 1. The highest BCUT2D eigenvalue weighted by Gasteiger charge is 2.34. The van der Waals surface area contributed by atoms with Gasteiger partial charge in [-0.2, -0.15) is 4.31 Å². The Morgan fingerprint density at radius 3 is 2.85 bits per heavy atom. The van der Waals surface area contributed by atoms with Crippen LogP contribution in [0.25, 0.3) is 0 Å². The van der Waals surface area contributed by atoms with Crippen LogP contribution in [0.4, 0.5) is 5.82 Å². The number of rotatable bonds is 5. The lowest BCUT2D eigenvalue weighted by atomic mass is 10.2. The average Bonchev–Trinajstić information content (AvgIpc) is 2.90. The third-order valence-corrected chi connectivity index (χ3v) is 5.77. The van der Waals surface area contributed by atoms with E-state index in [9.17, 15) is 8.42 Å². The fraction of sp³-hybridized carbons (Fsp3) is 0.615. The van der Waals surface area contributed by atoms with Crippen molar-refractivity contribution in [2.24, 2.45) is 0 Å². The van der Waals surface area contributed by atoms with E-state index < -0.39 is 10.0 Å². The van der Waals surface area contributed by atoms with Gasteiger partial charge in [-0.15, -0.1) is 0 Å². The summed E-state index contributed by atoms with van der Waals surface area (Å²) in [4.78, 5) is 4.28. The van der Waals surface area contributed by atoms with Gasteiger partial charge in [0.25, 0.3) is 0 Å². The Balaban J connectivity index is 2.32. The minimum atomic E-state index is -3.50. The molecule has 0 saturated carbocycles. The molecular weight excluding hydrogens is 298 g/mol. The number of nitrogens with one attached hydrogen (secondary N) is 1. The lowest BCUT2D eigenvalue weighted by Gasteiger charge is -2.23. The van der Waals surface area contributed by atoms with Gasteiger partial charge in [0.15, 0.2) is 0 Å². The van der Waals surface area contributed by atoms with Gasteiger partial charge in [0.05, 0.1) is 5.02 Å². The standard InChI is InChI=1S/C13H20ClN3O2S/c1-3-10-6-5-7-17(10)20(18,19)11-8-12(14)13(15-4-2)16-9-11/h8-10H,3-7H2,1-2H3,(H,15,16). The summed E-state index contributed by atoms with van der Waals surface area (Å²) in [6.07, 6.45) is 4.04. The van der Waals surface area contributed by atoms with Crippen LogP contribution in [0.1, 0.15) is 33.1 Å². The van der Waals surface area contributed by atoms with Crippen molar-refractivity contribution in [2.45, 2.75) is 44.0 Å². The molecule has 0 spiro atoms. The van der Waals surface area contributed by atoms with E-state index in [2.05, 4.69) is 10.3 Å². The molecule has 2 heterocycles. The van der Waals surface area contributed by atoms with Gasteiger partial charge in [-0.3, -0.25) is 0 Å². The minimum absolute atomic E-state index is 0.0900. The molecule has 5 nitrogen and oxygen atoms in total. The van der Waals surface area contributed by atoms with Crippen LogP contribution >= 0.6 is 11.6 Å². The minimum Gasteiger partial charge on any atom is -0.369 e. The van der Waals surface area contributed by atoms with Crippen molar-refractivity contribution in [3.8, 4) is 0 Å². The Kier molecular flexibility index (Phi) is 4.88. The first-order valence-corrected chi connectivity index (χ1v) is 8.73. The van der Waals surface area contributed by atoms with Gasteiger partial charge in [0.1, 0.15) is 10.7 Å². The first-order valence-electron chi connectivity index (χ1n) is 6.92. The van der Waals surface area contributed by atoms with Gasteiger partial charge >= 0.3 is 0 Å². The summed E-state index contributed by atoms with van der Waals surface area (Å²) >= 11 is 6.08. The molecule has 1 fully saturated rings. The lowest BCUT2D eigenvalue weighted by molar-refractivity contribution is 0.379. The topological polar surface area (TPSA) is 62.3 Å². The predicted octanol–water partition coefficient (Wildman–Crippen LogP) is 2.73. The van der Waals surface area contributed by atoms with Crippen LogP contribution in [-0.4, -0.2) is 36.8 Å². The van der Waals surface area contributed by atoms with E-state index in [0.29, 0.717) is 23.9 Å². The molecule has 1 N–H and O–H groups in total. The van der Waals surface area contributed by atoms with E-state index in [1.165, 1.54) is 12.3 Å². The Bertz CT molecular complexity index is 577. The second-order valence-electron chi connectivity index (χ2n) is 4.85. The molecule has 7 heteroatoms. The van der Waals surface area contributed by atoms with Crippen LogP contribution in [0.5, 0.6) is 0 Å². The molecule has 0 aromatic carbocycles. The average molecular weight is 318 g/mol. The molecule has 1 aromatic rings. The van der Waals surface area contributed by atoms with Gasteiger partial charge < -0.3 is 5.32 Å². The van der Waals surface area contributed by atoms with Crippen LogP contribution in [0, 0.1) is 0 Å². The maximum Gasteiger partial charge on any atom is 0.244 e. The maximum absolute atomic E-state index is 12.6. The second kappa shape index (κ2) is 6.28. The summed E-state index contributed by atoms with van der Waals surface area (Å²) in [6.45, 7) is 5.20. The number of pyridine rings is 1. The number of aromatic nitrogens is 1. The van der Waals surface area contributed by atoms with Crippen molar-refractivity contribution in [1.29, 1.82) is 0 Å². The molecule has 1 aliphatic rings. The first kappa shape index (κ1) is 15.5. The summed E-state index contributed by atoms with van der Waals surface area (Å²) in [5, 5.41) is 3.33. The monoisotopic (exact) mass is 317 g/mol. The Labute approximate surface area is 125 Å². The molecule has 20 heavy (non-hydrogen) atoms. The molecule has 1 aliphatic heterocycles. The van der Waals surface area contributed by atoms with E-state index in [0.717, 1.165) is 19.3 Å². The van der Waals surface area contributed by atoms with Crippen molar-refractivity contribution in [2.75, 3.05) is 18.4 Å². The Morgan fingerprint density at radius 1 is 1.50 bits per heavy atom. The predicted molar refractivity (Wildman–Crippen MR) is 80.6 cm³/mol. The summed E-state index contributed by atoms with van der Waals surface area (Å²) < 4.78 is 26.8. The number of sulfonamides is 1. The summed E-state index contributed by atoms with van der Waals surface area (Å²) in [5.74, 6) is 0.515. The number of nitrogens with zero attached hydrogens (tertiary/aromatic N) is 2. The number of hydrogen-bond donors (Lipinski definition) is 1. The van der Waals surface area contributed by atoms with Crippen LogP contribution in [0.3, 0.4) is 0 Å². The van der Waals surface area contributed by atoms with Crippen molar-refractivity contribution in [3.63, 3.8) is 0 Å². The smallest absolute Gasteiger partial charge is 0.244 e. The second-order valence-corrected chi connectivity index (χ2v) is 7.15. The van der Waals surface area contributed by atoms with Crippen LogP contribution in [-0.2, 0) is 10.0 Å². The fourth-order valence-corrected chi connectivity index (χ4v) is 4.57.